The predicted molar refractivity (Wildman–Crippen MR) is 107 cm³/mol. The van der Waals surface area contributed by atoms with Gasteiger partial charge >= 0.3 is 0 Å². The van der Waals surface area contributed by atoms with Crippen molar-refractivity contribution in [1.29, 1.82) is 0 Å². The van der Waals surface area contributed by atoms with E-state index in [9.17, 15) is 4.79 Å². The number of nitrogens with one attached hydrogen (secondary N) is 1. The smallest absolute Gasteiger partial charge is 0.239 e. The molecule has 1 aliphatic heterocycles. The molecule has 140 valence electrons. The number of nitrogens with two attached hydrogens (primary N) is 1. The van der Waals surface area contributed by atoms with E-state index in [2.05, 4.69) is 36.9 Å². The molecule has 0 aromatic carbocycles. The number of aromatic amines is 1. The number of pyridine rings is 1. The van der Waals surface area contributed by atoms with Gasteiger partial charge in [0.05, 0.1) is 16.2 Å². The maximum Gasteiger partial charge on any atom is 0.239 e. The van der Waals surface area contributed by atoms with Crippen LogP contribution in [0, 0.1) is 5.92 Å². The first-order valence-electron chi connectivity index (χ1n) is 9.56. The van der Waals surface area contributed by atoms with Crippen LogP contribution in [-0.4, -0.2) is 53.0 Å². The fraction of sp³-hybridized carbons (Fsp3) is 0.579. The monoisotopic (exact) mass is 419 g/mol. The van der Waals surface area contributed by atoms with Gasteiger partial charge < -0.3 is 20.5 Å². The van der Waals surface area contributed by atoms with Crippen LogP contribution in [0.3, 0.4) is 0 Å². The van der Waals surface area contributed by atoms with Crippen LogP contribution in [0.25, 0.3) is 11.0 Å². The zero-order valence-electron chi connectivity index (χ0n) is 15.0. The van der Waals surface area contributed by atoms with E-state index in [-0.39, 0.29) is 11.9 Å². The highest BCUT2D eigenvalue weighted by atomic mass is 79.9. The Bertz CT molecular complexity index is 777. The van der Waals surface area contributed by atoms with Gasteiger partial charge in [-0.3, -0.25) is 4.79 Å². The number of carbonyl (C=O) groups is 1. The van der Waals surface area contributed by atoms with Gasteiger partial charge in [-0.25, -0.2) is 4.98 Å². The first-order chi connectivity index (χ1) is 12.6. The number of rotatable bonds is 3. The molecule has 0 bridgehead atoms. The molecule has 1 aliphatic carbocycles. The molecule has 7 heteroatoms. The fourth-order valence-electron chi connectivity index (χ4n) is 4.35. The van der Waals surface area contributed by atoms with Crippen molar-refractivity contribution >= 4 is 38.6 Å². The number of H-pyrrole nitrogens is 1. The van der Waals surface area contributed by atoms with Crippen molar-refractivity contribution in [2.24, 2.45) is 11.7 Å². The van der Waals surface area contributed by atoms with Crippen molar-refractivity contribution in [3.05, 3.63) is 22.9 Å². The molecular formula is C19H26BrN5O. The Labute approximate surface area is 162 Å². The molecule has 0 spiro atoms. The summed E-state index contributed by atoms with van der Waals surface area (Å²) in [6, 6.07) is 1.73. The maximum absolute atomic E-state index is 12.8. The molecule has 1 atom stereocenters. The fourth-order valence-corrected chi connectivity index (χ4v) is 4.91. The second-order valence-corrected chi connectivity index (χ2v) is 8.29. The van der Waals surface area contributed by atoms with Crippen LogP contribution in [-0.2, 0) is 4.79 Å². The van der Waals surface area contributed by atoms with Gasteiger partial charge in [0.15, 0.2) is 0 Å². The molecule has 2 fully saturated rings. The molecule has 4 rings (SSSR count). The summed E-state index contributed by atoms with van der Waals surface area (Å²) in [4.78, 5) is 24.7. The first-order valence-corrected chi connectivity index (χ1v) is 10.4. The van der Waals surface area contributed by atoms with E-state index >= 15 is 0 Å². The number of hydrogen-bond donors (Lipinski definition) is 2. The molecule has 1 saturated heterocycles. The summed E-state index contributed by atoms with van der Waals surface area (Å²) in [7, 11) is 0. The summed E-state index contributed by atoms with van der Waals surface area (Å²) in [6.07, 6.45) is 9.65. The molecule has 3 N–H and O–H groups in total. The van der Waals surface area contributed by atoms with Crippen molar-refractivity contribution in [2.45, 2.75) is 38.1 Å². The lowest BCUT2D eigenvalue weighted by atomic mass is 9.83. The van der Waals surface area contributed by atoms with Crippen LogP contribution in [0.1, 0.15) is 32.1 Å². The number of nitrogens with zero attached hydrogens (tertiary/aromatic N) is 3. The van der Waals surface area contributed by atoms with Crippen LogP contribution < -0.4 is 10.6 Å². The van der Waals surface area contributed by atoms with Gasteiger partial charge in [0.25, 0.3) is 0 Å². The average Bonchev–Trinajstić information content (AvgIpc) is 3.16. The molecule has 1 saturated carbocycles. The number of aromatic nitrogens is 2. The maximum atomic E-state index is 12.8. The molecule has 0 radical (unpaired) electrons. The van der Waals surface area contributed by atoms with Gasteiger partial charge in [0.1, 0.15) is 5.65 Å². The normalized spacial score (nSPS) is 20.5. The largest absolute Gasteiger partial charge is 0.366 e. The number of amides is 1. The van der Waals surface area contributed by atoms with Gasteiger partial charge in [-0.1, -0.05) is 19.3 Å². The van der Waals surface area contributed by atoms with Crippen LogP contribution in [0.15, 0.2) is 22.9 Å². The van der Waals surface area contributed by atoms with Gasteiger partial charge in [0, 0.05) is 44.0 Å². The molecule has 2 aromatic rings. The van der Waals surface area contributed by atoms with E-state index < -0.39 is 0 Å². The molecule has 1 amide bonds. The summed E-state index contributed by atoms with van der Waals surface area (Å²) in [6.45, 7) is 3.07. The quantitative estimate of drug-likeness (QED) is 0.801. The van der Waals surface area contributed by atoms with E-state index in [0.717, 1.165) is 60.2 Å². The standard InChI is InChI=1S/C19H26BrN5O/c20-15-12-23-18-14(6-7-22-18)17(15)24-8-10-25(11-9-24)19(26)16(21)13-4-2-1-3-5-13/h6-7,12-13,16H,1-5,8-11,21H2,(H,22,23). The Balaban J connectivity index is 1.43. The highest BCUT2D eigenvalue weighted by Gasteiger charge is 2.31. The van der Waals surface area contributed by atoms with E-state index in [4.69, 9.17) is 5.73 Å². The minimum Gasteiger partial charge on any atom is -0.366 e. The van der Waals surface area contributed by atoms with Crippen molar-refractivity contribution < 1.29 is 4.79 Å². The summed E-state index contributed by atoms with van der Waals surface area (Å²) >= 11 is 3.64. The van der Waals surface area contributed by atoms with Crippen molar-refractivity contribution in [3.8, 4) is 0 Å². The Morgan fingerprint density at radius 2 is 1.96 bits per heavy atom. The second-order valence-electron chi connectivity index (χ2n) is 7.43. The Morgan fingerprint density at radius 1 is 1.23 bits per heavy atom. The van der Waals surface area contributed by atoms with Gasteiger partial charge in [-0.15, -0.1) is 0 Å². The van der Waals surface area contributed by atoms with Crippen LogP contribution in [0.2, 0.25) is 0 Å². The van der Waals surface area contributed by atoms with Crippen molar-refractivity contribution in [1.82, 2.24) is 14.9 Å². The first kappa shape index (κ1) is 17.8. The Hall–Kier alpha value is -1.60. The third-order valence-electron chi connectivity index (χ3n) is 5.86. The number of piperazine rings is 1. The number of fused-ring (bicyclic) bond motifs is 1. The highest BCUT2D eigenvalue weighted by Crippen LogP contribution is 2.34. The third-order valence-corrected chi connectivity index (χ3v) is 6.44. The molecule has 6 nitrogen and oxygen atoms in total. The van der Waals surface area contributed by atoms with E-state index in [0.29, 0.717) is 5.92 Å². The SMILES string of the molecule is NC(C(=O)N1CCN(c2c(Br)cnc3[nH]ccc23)CC1)C1CCCCC1. The van der Waals surface area contributed by atoms with Gasteiger partial charge in [0.2, 0.25) is 5.91 Å². The Morgan fingerprint density at radius 3 is 2.69 bits per heavy atom. The minimum atomic E-state index is -0.328. The molecule has 2 aliphatic rings. The van der Waals surface area contributed by atoms with Crippen molar-refractivity contribution in [3.63, 3.8) is 0 Å². The molecule has 3 heterocycles. The third kappa shape index (κ3) is 3.34. The van der Waals surface area contributed by atoms with E-state index in [1.807, 2.05) is 17.3 Å². The Kier molecular flexibility index (Phi) is 5.18. The zero-order valence-corrected chi connectivity index (χ0v) is 16.5. The van der Waals surface area contributed by atoms with E-state index in [1.54, 1.807) is 0 Å². The van der Waals surface area contributed by atoms with Crippen LogP contribution in [0.5, 0.6) is 0 Å². The summed E-state index contributed by atoms with van der Waals surface area (Å²) in [5.74, 6) is 0.500. The average molecular weight is 420 g/mol. The lowest BCUT2D eigenvalue weighted by Gasteiger charge is -2.39. The van der Waals surface area contributed by atoms with Gasteiger partial charge in [-0.2, -0.15) is 0 Å². The van der Waals surface area contributed by atoms with E-state index in [1.165, 1.54) is 19.3 Å². The lowest BCUT2D eigenvalue weighted by molar-refractivity contribution is -0.134. The molecule has 26 heavy (non-hydrogen) atoms. The van der Waals surface area contributed by atoms with Gasteiger partial charge in [-0.05, 0) is 40.8 Å². The molecular weight excluding hydrogens is 394 g/mol. The molecule has 2 aromatic heterocycles. The van der Waals surface area contributed by atoms with Crippen LogP contribution in [0.4, 0.5) is 5.69 Å². The summed E-state index contributed by atoms with van der Waals surface area (Å²) < 4.78 is 0.989. The topological polar surface area (TPSA) is 78.2 Å². The lowest BCUT2D eigenvalue weighted by Crippen LogP contribution is -2.55. The minimum absolute atomic E-state index is 0.136. The highest BCUT2D eigenvalue weighted by molar-refractivity contribution is 9.10. The number of halogens is 1. The molecule has 1 unspecified atom stereocenters. The number of hydrogen-bond acceptors (Lipinski definition) is 4. The predicted octanol–water partition coefficient (Wildman–Crippen LogP) is 2.88. The summed E-state index contributed by atoms with van der Waals surface area (Å²) in [5.41, 5.74) is 8.37. The summed E-state index contributed by atoms with van der Waals surface area (Å²) in [5, 5.41) is 1.11. The number of carbonyl (C=O) groups excluding carboxylic acids is 1. The van der Waals surface area contributed by atoms with Crippen LogP contribution >= 0.6 is 15.9 Å². The second kappa shape index (κ2) is 7.56. The number of anilines is 1. The van der Waals surface area contributed by atoms with Crippen molar-refractivity contribution in [2.75, 3.05) is 31.1 Å². The zero-order chi connectivity index (χ0) is 18.1.